The molecule has 0 bridgehead atoms. The van der Waals surface area contributed by atoms with Gasteiger partial charge in [0.05, 0.1) is 11.4 Å². The molecule has 0 aliphatic carbocycles. The molecule has 1 heterocycles. The van der Waals surface area contributed by atoms with Crippen LogP contribution in [0.3, 0.4) is 0 Å². The molecule has 1 N–H and O–H groups in total. The molecule has 0 saturated heterocycles. The van der Waals surface area contributed by atoms with E-state index in [1.54, 1.807) is 37.4 Å². The maximum absolute atomic E-state index is 12.8. The van der Waals surface area contributed by atoms with Crippen molar-refractivity contribution in [3.8, 4) is 5.75 Å². The molecule has 1 unspecified atom stereocenters. The lowest BCUT2D eigenvalue weighted by molar-refractivity contribution is 0.117. The number of benzene rings is 2. The third kappa shape index (κ3) is 4.34. The van der Waals surface area contributed by atoms with Gasteiger partial charge in [-0.05, 0) is 49.8 Å². The van der Waals surface area contributed by atoms with Gasteiger partial charge in [-0.2, -0.15) is 4.31 Å². The molecular formula is C21H26N2O3S. The summed E-state index contributed by atoms with van der Waals surface area (Å²) in [6.45, 7) is 5.16. The Morgan fingerprint density at radius 3 is 2.59 bits per heavy atom. The number of nitrogens with one attached hydrogen (secondary N) is 1. The number of nitrogens with zero attached hydrogens (tertiary/aromatic N) is 1. The minimum atomic E-state index is -3.56. The number of hydrogen-bond acceptors (Lipinski definition) is 4. The van der Waals surface area contributed by atoms with E-state index in [1.165, 1.54) is 4.31 Å². The molecule has 3 rings (SSSR count). The second kappa shape index (κ2) is 7.74. The predicted octanol–water partition coefficient (Wildman–Crippen LogP) is 3.99. The Kier molecular flexibility index (Phi) is 5.58. The van der Waals surface area contributed by atoms with E-state index >= 15 is 0 Å². The van der Waals surface area contributed by atoms with Crippen molar-refractivity contribution in [3.63, 3.8) is 0 Å². The fourth-order valence-electron chi connectivity index (χ4n) is 3.09. The maximum Gasteiger partial charge on any atom is 0.242 e. The Morgan fingerprint density at radius 2 is 1.89 bits per heavy atom. The lowest BCUT2D eigenvalue weighted by atomic mass is 10.00. The van der Waals surface area contributed by atoms with E-state index in [0.717, 1.165) is 30.0 Å². The van der Waals surface area contributed by atoms with Crippen molar-refractivity contribution in [2.75, 3.05) is 25.5 Å². The summed E-state index contributed by atoms with van der Waals surface area (Å²) in [5.74, 6) is 0.757. The van der Waals surface area contributed by atoms with Crippen LogP contribution in [0.1, 0.15) is 25.8 Å². The fourth-order valence-corrected chi connectivity index (χ4v) is 4.37. The van der Waals surface area contributed by atoms with Crippen molar-refractivity contribution in [2.45, 2.75) is 30.8 Å². The SMILES string of the molecule is CCCNc1ccc2c(c1)C=CC(C)(CN(C)S(=O)(=O)c1ccccc1)O2. The highest BCUT2D eigenvalue weighted by atomic mass is 32.2. The van der Waals surface area contributed by atoms with Gasteiger partial charge in [0.2, 0.25) is 10.0 Å². The highest BCUT2D eigenvalue weighted by Gasteiger charge is 2.33. The number of fused-ring (bicyclic) bond motifs is 1. The minimum absolute atomic E-state index is 0.218. The van der Waals surface area contributed by atoms with Crippen LogP contribution in [0.2, 0.25) is 0 Å². The lowest BCUT2D eigenvalue weighted by Gasteiger charge is -2.34. The standard InChI is InChI=1S/C21H26N2O3S/c1-4-14-22-18-10-11-20-17(15-18)12-13-21(2,26-20)16-23(3)27(24,25)19-8-6-5-7-9-19/h5-13,15,22H,4,14,16H2,1-3H3. The predicted molar refractivity (Wildman–Crippen MR) is 110 cm³/mol. The van der Waals surface area contributed by atoms with E-state index < -0.39 is 15.6 Å². The Hall–Kier alpha value is -2.31. The average Bonchev–Trinajstić information content (AvgIpc) is 2.66. The molecular weight excluding hydrogens is 360 g/mol. The van der Waals surface area contributed by atoms with Crippen LogP contribution < -0.4 is 10.1 Å². The van der Waals surface area contributed by atoms with Crippen LogP contribution in [0, 0.1) is 0 Å². The summed E-state index contributed by atoms with van der Waals surface area (Å²) in [5.41, 5.74) is 1.31. The van der Waals surface area contributed by atoms with E-state index in [-0.39, 0.29) is 11.4 Å². The molecule has 2 aromatic carbocycles. The van der Waals surface area contributed by atoms with Gasteiger partial charge >= 0.3 is 0 Å². The molecule has 27 heavy (non-hydrogen) atoms. The highest BCUT2D eigenvalue weighted by molar-refractivity contribution is 7.89. The highest BCUT2D eigenvalue weighted by Crippen LogP contribution is 2.33. The summed E-state index contributed by atoms with van der Waals surface area (Å²) >= 11 is 0. The van der Waals surface area contributed by atoms with Gasteiger partial charge in [0.25, 0.3) is 0 Å². The van der Waals surface area contributed by atoms with Crippen LogP contribution in [0.25, 0.3) is 6.08 Å². The van der Waals surface area contributed by atoms with Crippen molar-refractivity contribution in [1.29, 1.82) is 0 Å². The van der Waals surface area contributed by atoms with Crippen LogP contribution in [0.5, 0.6) is 5.75 Å². The van der Waals surface area contributed by atoms with E-state index in [0.29, 0.717) is 0 Å². The van der Waals surface area contributed by atoms with Crippen molar-refractivity contribution < 1.29 is 13.2 Å². The van der Waals surface area contributed by atoms with Crippen LogP contribution in [0.15, 0.2) is 59.5 Å². The fraction of sp³-hybridized carbons (Fsp3) is 0.333. The largest absolute Gasteiger partial charge is 0.481 e. The van der Waals surface area contributed by atoms with Gasteiger partial charge in [-0.15, -0.1) is 0 Å². The van der Waals surface area contributed by atoms with E-state index in [9.17, 15) is 8.42 Å². The van der Waals surface area contributed by atoms with Gasteiger partial charge in [0.1, 0.15) is 11.4 Å². The normalized spacial score (nSPS) is 18.8. The van der Waals surface area contributed by atoms with Gasteiger partial charge in [-0.1, -0.05) is 31.2 Å². The maximum atomic E-state index is 12.8. The molecule has 0 radical (unpaired) electrons. The Morgan fingerprint density at radius 1 is 1.15 bits per heavy atom. The van der Waals surface area contributed by atoms with E-state index in [2.05, 4.69) is 12.2 Å². The van der Waals surface area contributed by atoms with Gasteiger partial charge in [-0.3, -0.25) is 0 Å². The van der Waals surface area contributed by atoms with Crippen molar-refractivity contribution in [1.82, 2.24) is 4.31 Å². The number of likely N-dealkylation sites (N-methyl/N-ethyl adjacent to an activating group) is 1. The molecule has 0 saturated carbocycles. The summed E-state index contributed by atoms with van der Waals surface area (Å²) < 4.78 is 33.1. The van der Waals surface area contributed by atoms with Crippen LogP contribution >= 0.6 is 0 Å². The summed E-state index contributed by atoms with van der Waals surface area (Å²) in [6, 6.07) is 14.4. The first-order valence-corrected chi connectivity index (χ1v) is 10.6. The number of anilines is 1. The third-order valence-corrected chi connectivity index (χ3v) is 6.35. The topological polar surface area (TPSA) is 58.6 Å². The Labute approximate surface area is 161 Å². The van der Waals surface area contributed by atoms with Crippen LogP contribution in [0.4, 0.5) is 5.69 Å². The first-order valence-electron chi connectivity index (χ1n) is 9.12. The summed E-state index contributed by atoms with van der Waals surface area (Å²) in [5, 5.41) is 3.36. The first-order chi connectivity index (χ1) is 12.8. The number of sulfonamides is 1. The number of ether oxygens (including phenoxy) is 1. The molecule has 0 amide bonds. The number of hydrogen-bond donors (Lipinski definition) is 1. The third-order valence-electron chi connectivity index (χ3n) is 4.54. The zero-order valence-electron chi connectivity index (χ0n) is 16.0. The van der Waals surface area contributed by atoms with Crippen molar-refractivity contribution in [3.05, 3.63) is 60.2 Å². The second-order valence-corrected chi connectivity index (χ2v) is 9.05. The summed E-state index contributed by atoms with van der Waals surface area (Å²) in [7, 11) is -1.98. The monoisotopic (exact) mass is 386 g/mol. The summed E-state index contributed by atoms with van der Waals surface area (Å²) in [4.78, 5) is 0.280. The molecule has 144 valence electrons. The van der Waals surface area contributed by atoms with Gasteiger partial charge < -0.3 is 10.1 Å². The minimum Gasteiger partial charge on any atom is -0.481 e. The van der Waals surface area contributed by atoms with E-state index in [4.69, 9.17) is 4.74 Å². The van der Waals surface area contributed by atoms with Crippen molar-refractivity contribution >= 4 is 21.8 Å². The van der Waals surface area contributed by atoms with Crippen LogP contribution in [-0.4, -0.2) is 38.5 Å². The Bertz CT molecular complexity index is 926. The van der Waals surface area contributed by atoms with E-state index in [1.807, 2.05) is 37.3 Å². The molecule has 2 aromatic rings. The molecule has 5 nitrogen and oxygen atoms in total. The molecule has 0 spiro atoms. The summed E-state index contributed by atoms with van der Waals surface area (Å²) in [6.07, 6.45) is 4.98. The van der Waals surface area contributed by atoms with Gasteiger partial charge in [0, 0.05) is 24.8 Å². The smallest absolute Gasteiger partial charge is 0.242 e. The molecule has 1 atom stereocenters. The molecule has 1 aliphatic heterocycles. The molecule has 0 fully saturated rings. The van der Waals surface area contributed by atoms with Crippen molar-refractivity contribution in [2.24, 2.45) is 0 Å². The molecule has 6 heteroatoms. The van der Waals surface area contributed by atoms with Gasteiger partial charge in [0.15, 0.2) is 0 Å². The number of rotatable bonds is 7. The molecule has 1 aliphatic rings. The zero-order chi connectivity index (χ0) is 19.5. The van der Waals surface area contributed by atoms with Crippen LogP contribution in [-0.2, 0) is 10.0 Å². The average molecular weight is 387 g/mol. The molecule has 0 aromatic heterocycles. The lowest BCUT2D eigenvalue weighted by Crippen LogP contribution is -2.45. The zero-order valence-corrected chi connectivity index (χ0v) is 16.8. The first kappa shape index (κ1) is 19.5. The Balaban J connectivity index is 1.76. The van der Waals surface area contributed by atoms with Gasteiger partial charge in [-0.25, -0.2) is 8.42 Å². The quantitative estimate of drug-likeness (QED) is 0.782. The second-order valence-electron chi connectivity index (χ2n) is 7.00.